The summed E-state index contributed by atoms with van der Waals surface area (Å²) in [6.07, 6.45) is 23.1. The fraction of sp³-hybridized carbons (Fsp3) is 0.429. The van der Waals surface area contributed by atoms with Gasteiger partial charge in [-0.05, 0) is 177 Å². The SMILES string of the molecule is CCOCOc1c(C)c(C/C=C(\C)CC/C=C(\C)C(C/C=C(\C)CC/C=C(\C)CC(/C=C(\C)CC/C=C(\C)CCC=C(C)C)S(=O)(=O)c2ccccc2)S(=O)(=O)c2ccccc2)c(OCC)c2ccccc12. The molecule has 2 atom stereocenters. The van der Waals surface area contributed by atoms with E-state index in [0.29, 0.717) is 55.1 Å². The first-order chi connectivity index (χ1) is 34.4. The van der Waals surface area contributed by atoms with Gasteiger partial charge < -0.3 is 14.2 Å². The molecule has 0 aliphatic carbocycles. The first-order valence-corrected chi connectivity index (χ1v) is 29.0. The van der Waals surface area contributed by atoms with Crippen molar-refractivity contribution in [3.8, 4) is 11.5 Å². The van der Waals surface area contributed by atoms with Crippen LogP contribution in [0.15, 0.2) is 176 Å². The molecule has 7 nitrogen and oxygen atoms in total. The van der Waals surface area contributed by atoms with Gasteiger partial charge in [-0.15, -0.1) is 0 Å². The second kappa shape index (κ2) is 30.1. The van der Waals surface area contributed by atoms with Gasteiger partial charge in [-0.1, -0.05) is 142 Å². The van der Waals surface area contributed by atoms with Crippen molar-refractivity contribution in [1.29, 1.82) is 0 Å². The summed E-state index contributed by atoms with van der Waals surface area (Å²) in [6.45, 7) is 23.9. The zero-order chi connectivity index (χ0) is 52.7. The van der Waals surface area contributed by atoms with Gasteiger partial charge in [0.15, 0.2) is 26.5 Å². The van der Waals surface area contributed by atoms with E-state index in [4.69, 9.17) is 14.2 Å². The molecule has 9 heteroatoms. The lowest BCUT2D eigenvalue weighted by Gasteiger charge is -2.20. The predicted molar refractivity (Wildman–Crippen MR) is 304 cm³/mol. The van der Waals surface area contributed by atoms with Crippen molar-refractivity contribution in [3.05, 3.63) is 178 Å². The Balaban J connectivity index is 1.48. The highest BCUT2D eigenvalue weighted by Crippen LogP contribution is 2.41. The Morgan fingerprint density at radius 2 is 1.03 bits per heavy atom. The van der Waals surface area contributed by atoms with E-state index in [2.05, 4.69) is 90.1 Å². The highest BCUT2D eigenvalue weighted by molar-refractivity contribution is 7.92. The summed E-state index contributed by atoms with van der Waals surface area (Å²) in [7, 11) is -7.32. The Hall–Kier alpha value is -5.22. The maximum atomic E-state index is 14.3. The maximum Gasteiger partial charge on any atom is 0.189 e. The Kier molecular flexibility index (Phi) is 24.8. The average Bonchev–Trinajstić information content (AvgIpc) is 3.35. The summed E-state index contributed by atoms with van der Waals surface area (Å²) in [6, 6.07) is 25.7. The average molecular weight is 1020 g/mol. The van der Waals surface area contributed by atoms with Crippen LogP contribution in [-0.2, 0) is 30.8 Å². The summed E-state index contributed by atoms with van der Waals surface area (Å²) < 4.78 is 74.8. The van der Waals surface area contributed by atoms with E-state index in [-0.39, 0.29) is 6.79 Å². The quantitative estimate of drug-likeness (QED) is 0.0292. The number of hydrogen-bond donors (Lipinski definition) is 0. The molecule has 0 bridgehead atoms. The van der Waals surface area contributed by atoms with Crippen molar-refractivity contribution in [2.24, 2.45) is 0 Å². The first-order valence-electron chi connectivity index (χ1n) is 26.0. The van der Waals surface area contributed by atoms with Crippen molar-refractivity contribution in [2.45, 2.75) is 167 Å². The monoisotopic (exact) mass is 1020 g/mol. The van der Waals surface area contributed by atoms with Crippen molar-refractivity contribution in [3.63, 3.8) is 0 Å². The van der Waals surface area contributed by atoms with E-state index in [1.807, 2.05) is 65.0 Å². The second-order valence-electron chi connectivity index (χ2n) is 19.5. The molecule has 4 aromatic rings. The molecule has 0 aliphatic heterocycles. The molecule has 0 fully saturated rings. The van der Waals surface area contributed by atoms with Gasteiger partial charge in [-0.3, -0.25) is 0 Å². The Morgan fingerprint density at radius 3 is 1.61 bits per heavy atom. The van der Waals surface area contributed by atoms with Gasteiger partial charge in [0.2, 0.25) is 0 Å². The van der Waals surface area contributed by atoms with E-state index in [0.717, 1.165) is 94.2 Å². The number of hydrogen-bond acceptors (Lipinski definition) is 7. The topological polar surface area (TPSA) is 96.0 Å². The molecule has 0 amide bonds. The smallest absolute Gasteiger partial charge is 0.189 e. The zero-order valence-electron chi connectivity index (χ0n) is 45.4. The zero-order valence-corrected chi connectivity index (χ0v) is 47.0. The lowest BCUT2D eigenvalue weighted by atomic mass is 9.95. The molecule has 0 spiro atoms. The van der Waals surface area contributed by atoms with E-state index in [1.165, 1.54) is 16.7 Å². The minimum absolute atomic E-state index is 0.170. The van der Waals surface area contributed by atoms with Crippen LogP contribution in [0.2, 0.25) is 0 Å². The molecule has 2 unspecified atom stereocenters. The third kappa shape index (κ3) is 18.4. The molecule has 0 aromatic heterocycles. The van der Waals surface area contributed by atoms with Gasteiger partial charge in [0.05, 0.1) is 26.9 Å². The first kappa shape index (κ1) is 59.3. The van der Waals surface area contributed by atoms with Crippen LogP contribution in [0.5, 0.6) is 11.5 Å². The van der Waals surface area contributed by atoms with Gasteiger partial charge in [0, 0.05) is 22.9 Å². The molecule has 72 heavy (non-hydrogen) atoms. The maximum absolute atomic E-state index is 14.3. The van der Waals surface area contributed by atoms with Gasteiger partial charge in [0.25, 0.3) is 0 Å². The molecular weight excluding hydrogens is 933 g/mol. The Labute approximate surface area is 435 Å². The van der Waals surface area contributed by atoms with Crippen molar-refractivity contribution < 1.29 is 31.0 Å². The van der Waals surface area contributed by atoms with Crippen LogP contribution in [0.25, 0.3) is 10.8 Å². The molecule has 0 heterocycles. The fourth-order valence-corrected chi connectivity index (χ4v) is 12.5. The van der Waals surface area contributed by atoms with Gasteiger partial charge in [-0.25, -0.2) is 16.8 Å². The Bertz CT molecular complexity index is 2800. The lowest BCUT2D eigenvalue weighted by Crippen LogP contribution is -2.22. The van der Waals surface area contributed by atoms with Gasteiger partial charge >= 0.3 is 0 Å². The van der Waals surface area contributed by atoms with Crippen LogP contribution < -0.4 is 9.47 Å². The van der Waals surface area contributed by atoms with Crippen LogP contribution in [0.1, 0.15) is 145 Å². The number of benzene rings is 4. The van der Waals surface area contributed by atoms with E-state index in [1.54, 1.807) is 48.5 Å². The van der Waals surface area contributed by atoms with Crippen molar-refractivity contribution in [2.75, 3.05) is 20.0 Å². The number of ether oxygens (including phenoxy) is 3. The molecule has 4 aromatic carbocycles. The molecule has 0 radical (unpaired) electrons. The molecule has 0 aliphatic rings. The van der Waals surface area contributed by atoms with Crippen LogP contribution in [0.4, 0.5) is 0 Å². The molecular formula is C63H84O7S2. The molecule has 4 rings (SSSR count). The normalized spacial score (nSPS) is 14.4. The lowest BCUT2D eigenvalue weighted by molar-refractivity contribution is 0.0229. The Morgan fingerprint density at radius 1 is 0.528 bits per heavy atom. The number of fused-ring (bicyclic) bond motifs is 1. The number of rotatable bonds is 30. The number of allylic oxidation sites excluding steroid dienone is 12. The van der Waals surface area contributed by atoms with Crippen molar-refractivity contribution >= 4 is 30.4 Å². The second-order valence-corrected chi connectivity index (χ2v) is 23.8. The highest BCUT2D eigenvalue weighted by Gasteiger charge is 2.29. The highest BCUT2D eigenvalue weighted by atomic mass is 32.2. The van der Waals surface area contributed by atoms with Crippen LogP contribution in [0, 0.1) is 6.92 Å². The predicted octanol–water partition coefficient (Wildman–Crippen LogP) is 16.7. The summed E-state index contributed by atoms with van der Waals surface area (Å²) >= 11 is 0. The minimum Gasteiger partial charge on any atom is -0.493 e. The van der Waals surface area contributed by atoms with E-state index in [9.17, 15) is 16.8 Å². The van der Waals surface area contributed by atoms with Crippen molar-refractivity contribution in [1.82, 2.24) is 0 Å². The van der Waals surface area contributed by atoms with Crippen LogP contribution >= 0.6 is 0 Å². The summed E-state index contributed by atoms with van der Waals surface area (Å²) in [5.41, 5.74) is 9.98. The largest absolute Gasteiger partial charge is 0.493 e. The van der Waals surface area contributed by atoms with Crippen LogP contribution in [0.3, 0.4) is 0 Å². The summed E-state index contributed by atoms with van der Waals surface area (Å²) in [5.74, 6) is 1.67. The minimum atomic E-state index is -3.69. The molecule has 0 saturated heterocycles. The van der Waals surface area contributed by atoms with Gasteiger partial charge in [0.1, 0.15) is 11.5 Å². The van der Waals surface area contributed by atoms with Crippen LogP contribution in [-0.4, -0.2) is 47.3 Å². The van der Waals surface area contributed by atoms with E-state index >= 15 is 0 Å². The fourth-order valence-electron chi connectivity index (χ4n) is 8.88. The molecule has 0 saturated carbocycles. The standard InChI is InChI=1S/C63H84O7S2/c1-12-68-46-70-62-54(11)58(63(69-13-2)60-39-21-20-38-59(60)62)42-40-49(6)30-25-33-53(10)61(72(66,67)56-36-18-15-19-37-56)43-41-50(7)29-24-32-52(9)45-57(71(64,65)55-34-16-14-17-35-55)44-51(8)31-23-28-48(5)27-22-26-47(3)4/h14-21,26,28,32-41,44,57,61H,12-13,22-25,27,29-31,42-43,45-46H2,1-11H3/b48-28+,49-40+,50-41+,51-44+,52-32+,53-33+. The molecule has 0 N–H and O–H groups in total. The summed E-state index contributed by atoms with van der Waals surface area (Å²) in [5, 5.41) is 0.594. The third-order valence-corrected chi connectivity index (χ3v) is 17.4. The third-order valence-electron chi connectivity index (χ3n) is 13.2. The number of sulfone groups is 2. The molecule has 390 valence electrons. The summed E-state index contributed by atoms with van der Waals surface area (Å²) in [4.78, 5) is 0.647. The van der Waals surface area contributed by atoms with E-state index < -0.39 is 30.2 Å². The van der Waals surface area contributed by atoms with Gasteiger partial charge in [-0.2, -0.15) is 0 Å².